The van der Waals surface area contributed by atoms with Gasteiger partial charge < -0.3 is 5.32 Å². The van der Waals surface area contributed by atoms with Gasteiger partial charge in [0.15, 0.2) is 0 Å². The average Bonchev–Trinajstić information content (AvgIpc) is 2.96. The van der Waals surface area contributed by atoms with Crippen molar-refractivity contribution in [2.75, 3.05) is 24.7 Å². The highest BCUT2D eigenvalue weighted by atomic mass is 32.2. The van der Waals surface area contributed by atoms with E-state index in [9.17, 15) is 0 Å². The van der Waals surface area contributed by atoms with E-state index in [4.69, 9.17) is 0 Å². The highest BCUT2D eigenvalue weighted by Crippen LogP contribution is 2.19. The van der Waals surface area contributed by atoms with Crippen molar-refractivity contribution in [3.8, 4) is 0 Å². The van der Waals surface area contributed by atoms with Gasteiger partial charge in [0, 0.05) is 43.0 Å². The lowest BCUT2D eigenvalue weighted by molar-refractivity contribution is 0.328. The molecule has 1 aromatic carbocycles. The number of hydrogen-bond donors (Lipinski definition) is 1. The number of nitrogens with zero attached hydrogens (tertiary/aromatic N) is 3. The molecule has 0 spiro atoms. The number of thioether (sulfide) groups is 1. The van der Waals surface area contributed by atoms with Gasteiger partial charge >= 0.3 is 0 Å². The summed E-state index contributed by atoms with van der Waals surface area (Å²) >= 11 is 1.78. The number of likely N-dealkylation sites (tertiary alicyclic amines) is 1. The van der Waals surface area contributed by atoms with Crippen LogP contribution in [-0.4, -0.2) is 40.3 Å². The summed E-state index contributed by atoms with van der Waals surface area (Å²) in [5, 5.41) is 3.41. The number of nitrogens with one attached hydrogen (secondary N) is 1. The van der Waals surface area contributed by atoms with Crippen molar-refractivity contribution in [3.05, 3.63) is 48.3 Å². The number of aromatic nitrogens is 2. The lowest BCUT2D eigenvalue weighted by Crippen LogP contribution is -2.26. The van der Waals surface area contributed by atoms with Crippen LogP contribution >= 0.6 is 11.8 Å². The molecule has 0 aliphatic carbocycles. The number of rotatable bonds is 5. The molecule has 2 heterocycles. The minimum Gasteiger partial charge on any atom is -0.350 e. The van der Waals surface area contributed by atoms with Gasteiger partial charge in [0.05, 0.1) is 0 Å². The maximum absolute atomic E-state index is 4.23. The fourth-order valence-electron chi connectivity index (χ4n) is 2.64. The molecular formula is C16H20N4S. The molecule has 1 aromatic heterocycles. The van der Waals surface area contributed by atoms with Crippen molar-refractivity contribution in [1.82, 2.24) is 14.9 Å². The largest absolute Gasteiger partial charge is 0.350 e. The maximum atomic E-state index is 4.23. The molecule has 1 atom stereocenters. The molecule has 0 saturated carbocycles. The van der Waals surface area contributed by atoms with Crippen LogP contribution in [0.25, 0.3) is 0 Å². The third kappa shape index (κ3) is 3.95. The smallest absolute Gasteiger partial charge is 0.222 e. The zero-order valence-corrected chi connectivity index (χ0v) is 13.0. The van der Waals surface area contributed by atoms with E-state index in [1.165, 1.54) is 10.5 Å². The highest BCUT2D eigenvalue weighted by molar-refractivity contribution is 7.98. The monoisotopic (exact) mass is 300 g/mol. The van der Waals surface area contributed by atoms with E-state index >= 15 is 0 Å². The molecule has 4 nitrogen and oxygen atoms in total. The van der Waals surface area contributed by atoms with E-state index in [2.05, 4.69) is 50.7 Å². The van der Waals surface area contributed by atoms with Gasteiger partial charge in [-0.1, -0.05) is 12.1 Å². The topological polar surface area (TPSA) is 41.0 Å². The van der Waals surface area contributed by atoms with Crippen molar-refractivity contribution in [2.45, 2.75) is 23.9 Å². The summed E-state index contributed by atoms with van der Waals surface area (Å²) in [6.07, 6.45) is 6.79. The van der Waals surface area contributed by atoms with Crippen LogP contribution in [0.15, 0.2) is 47.6 Å². The van der Waals surface area contributed by atoms with Crippen LogP contribution in [0.5, 0.6) is 0 Å². The van der Waals surface area contributed by atoms with Gasteiger partial charge in [0.25, 0.3) is 0 Å². The molecular weight excluding hydrogens is 280 g/mol. The van der Waals surface area contributed by atoms with Gasteiger partial charge in [-0.25, -0.2) is 9.97 Å². The number of hydrogen-bond acceptors (Lipinski definition) is 5. The Hall–Kier alpha value is -1.59. The Labute approximate surface area is 130 Å². The second kappa shape index (κ2) is 6.91. The Morgan fingerprint density at radius 1 is 1.24 bits per heavy atom. The van der Waals surface area contributed by atoms with Crippen molar-refractivity contribution < 1.29 is 0 Å². The van der Waals surface area contributed by atoms with Crippen LogP contribution in [-0.2, 0) is 6.54 Å². The molecule has 1 N–H and O–H groups in total. The molecule has 1 aliphatic heterocycles. The minimum atomic E-state index is 0.442. The molecule has 0 bridgehead atoms. The predicted octanol–water partition coefficient (Wildman–Crippen LogP) is 2.88. The summed E-state index contributed by atoms with van der Waals surface area (Å²) in [5.74, 6) is 0.730. The fourth-order valence-corrected chi connectivity index (χ4v) is 3.05. The van der Waals surface area contributed by atoms with Crippen molar-refractivity contribution in [1.29, 1.82) is 0 Å². The lowest BCUT2D eigenvalue weighted by Gasteiger charge is -2.16. The zero-order chi connectivity index (χ0) is 14.5. The van der Waals surface area contributed by atoms with E-state index in [1.807, 2.05) is 6.07 Å². The fraction of sp³-hybridized carbons (Fsp3) is 0.375. The molecule has 1 unspecified atom stereocenters. The second-order valence-electron chi connectivity index (χ2n) is 5.29. The van der Waals surface area contributed by atoms with Gasteiger partial charge in [0.2, 0.25) is 5.95 Å². The van der Waals surface area contributed by atoms with Gasteiger partial charge in [-0.3, -0.25) is 4.90 Å². The van der Waals surface area contributed by atoms with Crippen LogP contribution in [0.3, 0.4) is 0 Å². The van der Waals surface area contributed by atoms with Crippen LogP contribution in [0, 0.1) is 0 Å². The van der Waals surface area contributed by atoms with Crippen LogP contribution in [0.2, 0.25) is 0 Å². The SMILES string of the molecule is CSc1ccc(CN2CCC(Nc3ncccn3)C2)cc1. The quantitative estimate of drug-likeness (QED) is 0.860. The first-order chi connectivity index (χ1) is 10.3. The van der Waals surface area contributed by atoms with Crippen molar-refractivity contribution in [2.24, 2.45) is 0 Å². The maximum Gasteiger partial charge on any atom is 0.222 e. The standard InChI is InChI=1S/C16H20N4S/c1-21-15-5-3-13(4-6-15)11-20-10-7-14(12-20)19-16-17-8-2-9-18-16/h2-6,8-9,14H,7,10-12H2,1H3,(H,17,18,19). The normalized spacial score (nSPS) is 18.8. The minimum absolute atomic E-state index is 0.442. The van der Waals surface area contributed by atoms with E-state index in [-0.39, 0.29) is 0 Å². The highest BCUT2D eigenvalue weighted by Gasteiger charge is 2.22. The first kappa shape index (κ1) is 14.4. The number of benzene rings is 1. The Morgan fingerprint density at radius 2 is 2.00 bits per heavy atom. The molecule has 1 fully saturated rings. The summed E-state index contributed by atoms with van der Waals surface area (Å²) in [7, 11) is 0. The van der Waals surface area contributed by atoms with E-state index < -0.39 is 0 Å². The van der Waals surface area contributed by atoms with Gasteiger partial charge in [-0.15, -0.1) is 11.8 Å². The molecule has 110 valence electrons. The Balaban J connectivity index is 1.52. The predicted molar refractivity (Wildman–Crippen MR) is 87.6 cm³/mol. The van der Waals surface area contributed by atoms with E-state index in [1.54, 1.807) is 24.2 Å². The third-order valence-corrected chi connectivity index (χ3v) is 4.48. The summed E-state index contributed by atoms with van der Waals surface area (Å²) in [6.45, 7) is 3.18. The van der Waals surface area contributed by atoms with E-state index in [0.717, 1.165) is 32.0 Å². The Kier molecular flexibility index (Phi) is 4.72. The Bertz CT molecular complexity index is 558. The Morgan fingerprint density at radius 3 is 2.71 bits per heavy atom. The molecule has 1 aliphatic rings. The summed E-state index contributed by atoms with van der Waals surface area (Å²) in [4.78, 5) is 12.3. The molecule has 0 amide bonds. The van der Waals surface area contributed by atoms with Gasteiger partial charge in [-0.05, 0) is 36.4 Å². The van der Waals surface area contributed by atoms with Crippen LogP contribution < -0.4 is 5.32 Å². The van der Waals surface area contributed by atoms with Gasteiger partial charge in [0.1, 0.15) is 0 Å². The lowest BCUT2D eigenvalue weighted by atomic mass is 10.2. The summed E-state index contributed by atoms with van der Waals surface area (Å²) in [5.41, 5.74) is 1.38. The first-order valence-corrected chi connectivity index (χ1v) is 8.45. The summed E-state index contributed by atoms with van der Waals surface area (Å²) in [6, 6.07) is 11.1. The number of anilines is 1. The molecule has 3 rings (SSSR count). The van der Waals surface area contributed by atoms with Crippen molar-refractivity contribution in [3.63, 3.8) is 0 Å². The zero-order valence-electron chi connectivity index (χ0n) is 12.2. The average molecular weight is 300 g/mol. The molecule has 21 heavy (non-hydrogen) atoms. The third-order valence-electron chi connectivity index (χ3n) is 3.74. The molecule has 5 heteroatoms. The molecule has 2 aromatic rings. The van der Waals surface area contributed by atoms with Crippen molar-refractivity contribution >= 4 is 17.7 Å². The summed E-state index contributed by atoms with van der Waals surface area (Å²) < 4.78 is 0. The van der Waals surface area contributed by atoms with Gasteiger partial charge in [-0.2, -0.15) is 0 Å². The molecule has 1 saturated heterocycles. The van der Waals surface area contributed by atoms with Crippen LogP contribution in [0.4, 0.5) is 5.95 Å². The molecule has 0 radical (unpaired) electrons. The van der Waals surface area contributed by atoms with Crippen LogP contribution in [0.1, 0.15) is 12.0 Å². The second-order valence-corrected chi connectivity index (χ2v) is 6.17. The first-order valence-electron chi connectivity index (χ1n) is 7.22. The van der Waals surface area contributed by atoms with E-state index in [0.29, 0.717) is 6.04 Å².